The molecule has 1 heterocycles. The fourth-order valence-electron chi connectivity index (χ4n) is 1.57. The van der Waals surface area contributed by atoms with Crippen molar-refractivity contribution < 1.29 is 13.5 Å². The number of hydrogen-bond acceptors (Lipinski definition) is 4. The van der Waals surface area contributed by atoms with E-state index in [0.29, 0.717) is 4.47 Å². The molecular weight excluding hydrogens is 403 g/mol. The number of aliphatic hydroxyl groups excluding tert-OH is 1. The maximum atomic E-state index is 12.4. The Balaban J connectivity index is 2.48. The number of sulfonamides is 1. The van der Waals surface area contributed by atoms with Gasteiger partial charge in [-0.05, 0) is 40.2 Å². The van der Waals surface area contributed by atoms with Gasteiger partial charge in [0.1, 0.15) is 4.90 Å². The molecule has 0 saturated carbocycles. The van der Waals surface area contributed by atoms with Crippen LogP contribution in [0.2, 0.25) is 10.0 Å². The molecule has 0 fully saturated rings. The minimum Gasteiger partial charge on any atom is -0.392 e. The van der Waals surface area contributed by atoms with Crippen molar-refractivity contribution in [3.8, 4) is 0 Å². The maximum absolute atomic E-state index is 12.4. The SMILES string of the molecule is O=S(=O)(Nc1ncccc1Br)c1ccc(Cl)c(CO)c1Cl. The summed E-state index contributed by atoms with van der Waals surface area (Å²) in [6.07, 6.45) is 1.45. The first-order valence-corrected chi connectivity index (χ1v) is 8.61. The molecule has 0 aliphatic carbocycles. The van der Waals surface area contributed by atoms with Crippen LogP contribution in [-0.2, 0) is 16.6 Å². The van der Waals surface area contributed by atoms with Crippen LogP contribution in [0.1, 0.15) is 5.56 Å². The summed E-state index contributed by atoms with van der Waals surface area (Å²) in [5.74, 6) is 0.133. The highest BCUT2D eigenvalue weighted by Crippen LogP contribution is 2.32. The van der Waals surface area contributed by atoms with Gasteiger partial charge in [0.25, 0.3) is 10.0 Å². The van der Waals surface area contributed by atoms with Crippen molar-refractivity contribution in [3.63, 3.8) is 0 Å². The molecular formula is C12H9BrCl2N2O3S. The van der Waals surface area contributed by atoms with Crippen molar-refractivity contribution >= 4 is 55.0 Å². The Morgan fingerprint density at radius 2 is 2.00 bits per heavy atom. The van der Waals surface area contributed by atoms with Crippen LogP contribution in [0.25, 0.3) is 0 Å². The molecule has 2 N–H and O–H groups in total. The molecule has 0 aliphatic heterocycles. The van der Waals surface area contributed by atoms with E-state index in [1.54, 1.807) is 12.1 Å². The second-order valence-corrected chi connectivity index (χ2v) is 7.23. The van der Waals surface area contributed by atoms with Crippen LogP contribution in [0.5, 0.6) is 0 Å². The molecule has 9 heteroatoms. The van der Waals surface area contributed by atoms with Crippen LogP contribution in [0.15, 0.2) is 39.8 Å². The normalized spacial score (nSPS) is 11.4. The Bertz CT molecular complexity index is 784. The number of benzene rings is 1. The Hall–Kier alpha value is -0.860. The molecule has 0 aliphatic rings. The lowest BCUT2D eigenvalue weighted by Gasteiger charge is -2.12. The highest BCUT2D eigenvalue weighted by molar-refractivity contribution is 9.10. The van der Waals surface area contributed by atoms with E-state index in [1.807, 2.05) is 0 Å². The second-order valence-electron chi connectivity index (χ2n) is 3.94. The Morgan fingerprint density at radius 3 is 2.62 bits per heavy atom. The van der Waals surface area contributed by atoms with Gasteiger partial charge in [-0.1, -0.05) is 23.2 Å². The molecule has 0 radical (unpaired) electrons. The van der Waals surface area contributed by atoms with E-state index in [-0.39, 0.29) is 26.3 Å². The minimum absolute atomic E-state index is 0.121. The van der Waals surface area contributed by atoms with E-state index in [2.05, 4.69) is 25.6 Å². The average Bonchev–Trinajstić information content (AvgIpc) is 2.41. The third-order valence-corrected chi connectivity index (χ3v) is 5.51. The third kappa shape index (κ3) is 3.49. The van der Waals surface area contributed by atoms with Crippen LogP contribution < -0.4 is 4.72 Å². The zero-order valence-electron chi connectivity index (χ0n) is 10.3. The van der Waals surface area contributed by atoms with Gasteiger partial charge in [-0.25, -0.2) is 13.4 Å². The van der Waals surface area contributed by atoms with Gasteiger partial charge in [-0.15, -0.1) is 0 Å². The van der Waals surface area contributed by atoms with Crippen LogP contribution in [0, 0.1) is 0 Å². The van der Waals surface area contributed by atoms with Gasteiger partial charge in [0.05, 0.1) is 16.1 Å². The topological polar surface area (TPSA) is 79.3 Å². The van der Waals surface area contributed by atoms with E-state index in [4.69, 9.17) is 23.2 Å². The number of hydrogen-bond donors (Lipinski definition) is 2. The summed E-state index contributed by atoms with van der Waals surface area (Å²) in [4.78, 5) is 3.74. The highest BCUT2D eigenvalue weighted by atomic mass is 79.9. The van der Waals surface area contributed by atoms with Crippen molar-refractivity contribution in [3.05, 3.63) is 50.5 Å². The van der Waals surface area contributed by atoms with E-state index < -0.39 is 16.6 Å². The molecule has 2 aromatic rings. The summed E-state index contributed by atoms with van der Waals surface area (Å²) in [7, 11) is -3.96. The van der Waals surface area contributed by atoms with E-state index in [1.165, 1.54) is 18.3 Å². The van der Waals surface area contributed by atoms with Gasteiger partial charge >= 0.3 is 0 Å². The number of aromatic nitrogens is 1. The number of rotatable bonds is 4. The Labute approximate surface area is 140 Å². The monoisotopic (exact) mass is 410 g/mol. The fourth-order valence-corrected chi connectivity index (χ4v) is 3.99. The first-order valence-electron chi connectivity index (χ1n) is 5.58. The molecule has 21 heavy (non-hydrogen) atoms. The zero-order valence-corrected chi connectivity index (χ0v) is 14.3. The van der Waals surface area contributed by atoms with Crippen LogP contribution in [-0.4, -0.2) is 18.5 Å². The fraction of sp³-hybridized carbons (Fsp3) is 0.0833. The minimum atomic E-state index is -3.96. The number of halogens is 3. The lowest BCUT2D eigenvalue weighted by atomic mass is 10.2. The number of pyridine rings is 1. The zero-order chi connectivity index (χ0) is 15.6. The van der Waals surface area contributed by atoms with E-state index in [9.17, 15) is 13.5 Å². The molecule has 5 nitrogen and oxygen atoms in total. The average molecular weight is 412 g/mol. The predicted molar refractivity (Wildman–Crippen MR) is 85.1 cm³/mol. The maximum Gasteiger partial charge on any atom is 0.264 e. The summed E-state index contributed by atoms with van der Waals surface area (Å²) in [5.41, 5.74) is 0.154. The van der Waals surface area contributed by atoms with Gasteiger partial charge in [-0.2, -0.15) is 0 Å². The molecule has 0 amide bonds. The predicted octanol–water partition coefficient (Wildman–Crippen LogP) is 3.44. The molecule has 0 bridgehead atoms. The number of anilines is 1. The second kappa shape index (κ2) is 6.50. The van der Waals surface area contributed by atoms with Gasteiger partial charge in [0, 0.05) is 16.8 Å². The van der Waals surface area contributed by atoms with Crippen LogP contribution >= 0.6 is 39.1 Å². The van der Waals surface area contributed by atoms with Crippen LogP contribution in [0.3, 0.4) is 0 Å². The first-order chi connectivity index (χ1) is 9.86. The van der Waals surface area contributed by atoms with Crippen molar-refractivity contribution in [1.29, 1.82) is 0 Å². The smallest absolute Gasteiger partial charge is 0.264 e. The van der Waals surface area contributed by atoms with Crippen LogP contribution in [0.4, 0.5) is 5.82 Å². The first kappa shape index (κ1) is 16.5. The molecule has 2 rings (SSSR count). The van der Waals surface area contributed by atoms with Crippen molar-refractivity contribution in [2.24, 2.45) is 0 Å². The van der Waals surface area contributed by atoms with Gasteiger partial charge in [-0.3, -0.25) is 4.72 Å². The summed E-state index contributed by atoms with van der Waals surface area (Å²) in [5, 5.41) is 9.29. The number of aliphatic hydroxyl groups is 1. The van der Waals surface area contributed by atoms with Gasteiger partial charge < -0.3 is 5.11 Å². The van der Waals surface area contributed by atoms with Gasteiger partial charge in [0.15, 0.2) is 5.82 Å². The summed E-state index contributed by atoms with van der Waals surface area (Å²) < 4.78 is 27.6. The number of nitrogens with one attached hydrogen (secondary N) is 1. The largest absolute Gasteiger partial charge is 0.392 e. The molecule has 112 valence electrons. The van der Waals surface area contributed by atoms with Gasteiger partial charge in [0.2, 0.25) is 0 Å². The molecule has 0 atom stereocenters. The molecule has 0 unspecified atom stereocenters. The molecule has 0 saturated heterocycles. The Morgan fingerprint density at radius 1 is 1.29 bits per heavy atom. The van der Waals surface area contributed by atoms with Crippen molar-refractivity contribution in [1.82, 2.24) is 4.98 Å². The lowest BCUT2D eigenvalue weighted by Crippen LogP contribution is -2.15. The van der Waals surface area contributed by atoms with Crippen molar-refractivity contribution in [2.45, 2.75) is 11.5 Å². The summed E-state index contributed by atoms with van der Waals surface area (Å²) in [6, 6.07) is 5.93. The third-order valence-electron chi connectivity index (χ3n) is 2.59. The summed E-state index contributed by atoms with van der Waals surface area (Å²) >= 11 is 15.1. The Kier molecular flexibility index (Phi) is 5.11. The van der Waals surface area contributed by atoms with E-state index in [0.717, 1.165) is 0 Å². The van der Waals surface area contributed by atoms with Crippen molar-refractivity contribution in [2.75, 3.05) is 4.72 Å². The molecule has 0 spiro atoms. The van der Waals surface area contributed by atoms with E-state index >= 15 is 0 Å². The molecule has 1 aromatic heterocycles. The quantitative estimate of drug-likeness (QED) is 0.807. The molecule has 1 aromatic carbocycles. The standard InChI is InChI=1S/C12H9BrCl2N2O3S/c13-8-2-1-5-16-12(8)17-21(19,20)10-4-3-9(14)7(6-18)11(10)15/h1-5,18H,6H2,(H,16,17). The lowest BCUT2D eigenvalue weighted by molar-refractivity contribution is 0.282. The number of nitrogens with zero attached hydrogens (tertiary/aromatic N) is 1. The highest BCUT2D eigenvalue weighted by Gasteiger charge is 2.22. The summed E-state index contributed by atoms with van der Waals surface area (Å²) in [6.45, 7) is -0.464.